The maximum Gasteiger partial charge on any atom is 0.142 e. The van der Waals surface area contributed by atoms with Crippen LogP contribution in [0, 0.1) is 0 Å². The molecule has 48 valence electrons. The Hall–Kier alpha value is -0.670. The fourth-order valence-electron chi connectivity index (χ4n) is 0.548. The SMILES string of the molecule is N[C@H](C=O)c1cccs1. The smallest absolute Gasteiger partial charge is 0.142 e. The predicted octanol–water partition coefficient (Wildman–Crippen LogP) is 0.947. The van der Waals surface area contributed by atoms with Gasteiger partial charge in [0.2, 0.25) is 0 Å². The van der Waals surface area contributed by atoms with E-state index in [1.165, 1.54) is 11.3 Å². The van der Waals surface area contributed by atoms with Crippen molar-refractivity contribution < 1.29 is 4.79 Å². The lowest BCUT2D eigenvalue weighted by Gasteiger charge is -1.95. The Morgan fingerprint density at radius 2 is 2.56 bits per heavy atom. The minimum absolute atomic E-state index is 0.426. The molecule has 0 saturated carbocycles. The van der Waals surface area contributed by atoms with Crippen LogP contribution in [0.2, 0.25) is 0 Å². The van der Waals surface area contributed by atoms with Crippen LogP contribution in [-0.2, 0) is 4.79 Å². The largest absolute Gasteiger partial charge is 0.317 e. The first kappa shape index (κ1) is 6.45. The van der Waals surface area contributed by atoms with Gasteiger partial charge in [-0.1, -0.05) is 6.07 Å². The Morgan fingerprint density at radius 1 is 1.78 bits per heavy atom. The molecule has 0 bridgehead atoms. The molecule has 0 unspecified atom stereocenters. The van der Waals surface area contributed by atoms with Crippen molar-refractivity contribution in [3.8, 4) is 0 Å². The molecule has 0 fully saturated rings. The first-order valence-corrected chi connectivity index (χ1v) is 3.47. The minimum Gasteiger partial charge on any atom is -0.317 e. The monoisotopic (exact) mass is 141 g/mol. The fraction of sp³-hybridized carbons (Fsp3) is 0.167. The predicted molar refractivity (Wildman–Crippen MR) is 37.3 cm³/mol. The summed E-state index contributed by atoms with van der Waals surface area (Å²) in [6, 6.07) is 3.30. The summed E-state index contributed by atoms with van der Waals surface area (Å²) in [6.45, 7) is 0. The van der Waals surface area contributed by atoms with Gasteiger partial charge in [0.1, 0.15) is 6.29 Å². The molecular formula is C6H7NOS. The van der Waals surface area contributed by atoms with Gasteiger partial charge in [0.05, 0.1) is 6.04 Å². The highest BCUT2D eigenvalue weighted by Crippen LogP contribution is 2.13. The van der Waals surface area contributed by atoms with Crippen molar-refractivity contribution in [1.82, 2.24) is 0 Å². The second-order valence-corrected chi connectivity index (χ2v) is 2.66. The van der Waals surface area contributed by atoms with Gasteiger partial charge in [0.25, 0.3) is 0 Å². The molecule has 2 nitrogen and oxygen atoms in total. The molecule has 1 aromatic rings. The zero-order valence-electron chi connectivity index (χ0n) is 4.78. The van der Waals surface area contributed by atoms with Gasteiger partial charge in [-0.25, -0.2) is 0 Å². The third-order valence-corrected chi connectivity index (χ3v) is 1.99. The van der Waals surface area contributed by atoms with Crippen molar-refractivity contribution in [2.24, 2.45) is 5.73 Å². The Bertz CT molecular complexity index is 183. The van der Waals surface area contributed by atoms with E-state index in [9.17, 15) is 4.79 Å². The summed E-state index contributed by atoms with van der Waals surface area (Å²) in [4.78, 5) is 11.0. The molecule has 9 heavy (non-hydrogen) atoms. The van der Waals surface area contributed by atoms with Gasteiger partial charge in [-0.2, -0.15) is 0 Å². The molecule has 0 aliphatic carbocycles. The van der Waals surface area contributed by atoms with E-state index >= 15 is 0 Å². The average Bonchev–Trinajstić information content (AvgIpc) is 2.37. The van der Waals surface area contributed by atoms with Crippen LogP contribution in [0.5, 0.6) is 0 Å². The van der Waals surface area contributed by atoms with E-state index in [0.29, 0.717) is 0 Å². The topological polar surface area (TPSA) is 43.1 Å². The van der Waals surface area contributed by atoms with Crippen LogP contribution in [0.3, 0.4) is 0 Å². The molecule has 0 spiro atoms. The van der Waals surface area contributed by atoms with Crippen molar-refractivity contribution >= 4 is 17.6 Å². The Kier molecular flexibility index (Phi) is 1.97. The van der Waals surface area contributed by atoms with Gasteiger partial charge in [0.15, 0.2) is 0 Å². The number of carbonyl (C=O) groups is 1. The molecule has 0 saturated heterocycles. The molecule has 2 N–H and O–H groups in total. The summed E-state index contributed by atoms with van der Waals surface area (Å²) < 4.78 is 0. The Balaban J connectivity index is 2.76. The van der Waals surface area contributed by atoms with E-state index in [1.54, 1.807) is 0 Å². The zero-order valence-corrected chi connectivity index (χ0v) is 5.60. The van der Waals surface area contributed by atoms with Crippen molar-refractivity contribution in [3.63, 3.8) is 0 Å². The van der Waals surface area contributed by atoms with E-state index in [0.717, 1.165) is 11.2 Å². The molecule has 0 aliphatic heterocycles. The summed E-state index contributed by atoms with van der Waals surface area (Å²) in [5, 5.41) is 1.90. The molecular weight excluding hydrogens is 134 g/mol. The maximum absolute atomic E-state index is 10.1. The molecule has 1 rings (SSSR count). The quantitative estimate of drug-likeness (QED) is 0.623. The van der Waals surface area contributed by atoms with E-state index in [1.807, 2.05) is 17.5 Å². The summed E-state index contributed by atoms with van der Waals surface area (Å²) in [5.41, 5.74) is 5.38. The zero-order chi connectivity index (χ0) is 6.69. The second-order valence-electron chi connectivity index (χ2n) is 1.68. The molecule has 1 atom stereocenters. The van der Waals surface area contributed by atoms with Crippen LogP contribution in [0.4, 0.5) is 0 Å². The molecule has 3 heteroatoms. The molecule has 0 radical (unpaired) electrons. The summed E-state index contributed by atoms with van der Waals surface area (Å²) in [6.07, 6.45) is 0.742. The van der Waals surface area contributed by atoms with E-state index in [2.05, 4.69) is 0 Å². The third kappa shape index (κ3) is 1.37. The number of hydrogen-bond donors (Lipinski definition) is 1. The van der Waals surface area contributed by atoms with Crippen molar-refractivity contribution in [1.29, 1.82) is 0 Å². The molecule has 0 aliphatic rings. The van der Waals surface area contributed by atoms with Crippen molar-refractivity contribution in [3.05, 3.63) is 22.4 Å². The van der Waals surface area contributed by atoms with Gasteiger partial charge in [-0.3, -0.25) is 0 Å². The number of thiophene rings is 1. The third-order valence-electron chi connectivity index (χ3n) is 1.02. The highest BCUT2D eigenvalue weighted by atomic mass is 32.1. The van der Waals surface area contributed by atoms with Crippen LogP contribution >= 0.6 is 11.3 Å². The van der Waals surface area contributed by atoms with Crippen LogP contribution in [-0.4, -0.2) is 6.29 Å². The second kappa shape index (κ2) is 2.75. The van der Waals surface area contributed by atoms with Gasteiger partial charge >= 0.3 is 0 Å². The van der Waals surface area contributed by atoms with Crippen LogP contribution < -0.4 is 5.73 Å². The maximum atomic E-state index is 10.1. The van der Waals surface area contributed by atoms with Gasteiger partial charge in [0, 0.05) is 4.88 Å². The summed E-state index contributed by atoms with van der Waals surface area (Å²) in [5.74, 6) is 0. The molecule has 0 aromatic carbocycles. The lowest BCUT2D eigenvalue weighted by molar-refractivity contribution is -0.108. The normalized spacial score (nSPS) is 13.0. The Morgan fingerprint density at radius 3 is 3.00 bits per heavy atom. The highest BCUT2D eigenvalue weighted by molar-refractivity contribution is 7.10. The molecule has 1 aromatic heterocycles. The van der Waals surface area contributed by atoms with Crippen LogP contribution in [0.25, 0.3) is 0 Å². The van der Waals surface area contributed by atoms with Crippen molar-refractivity contribution in [2.45, 2.75) is 6.04 Å². The standard InChI is InChI=1S/C6H7NOS/c7-5(4-8)6-2-1-3-9-6/h1-5H,7H2/t5-/m1/s1. The van der Waals surface area contributed by atoms with Crippen LogP contribution in [0.1, 0.15) is 10.9 Å². The highest BCUT2D eigenvalue weighted by Gasteiger charge is 2.02. The van der Waals surface area contributed by atoms with E-state index in [4.69, 9.17) is 5.73 Å². The summed E-state index contributed by atoms with van der Waals surface area (Å²) in [7, 11) is 0. The number of nitrogens with two attached hydrogens (primary N) is 1. The minimum atomic E-state index is -0.426. The lowest BCUT2D eigenvalue weighted by atomic mass is 10.3. The Labute approximate surface area is 57.3 Å². The van der Waals surface area contributed by atoms with Crippen molar-refractivity contribution in [2.75, 3.05) is 0 Å². The van der Waals surface area contributed by atoms with E-state index < -0.39 is 6.04 Å². The summed E-state index contributed by atoms with van der Waals surface area (Å²) >= 11 is 1.50. The van der Waals surface area contributed by atoms with Gasteiger partial charge in [-0.15, -0.1) is 11.3 Å². The molecule has 1 heterocycles. The number of rotatable bonds is 2. The van der Waals surface area contributed by atoms with Gasteiger partial charge in [-0.05, 0) is 11.4 Å². The number of aldehydes is 1. The fourth-order valence-corrected chi connectivity index (χ4v) is 1.23. The number of hydrogen-bond acceptors (Lipinski definition) is 3. The molecule has 0 amide bonds. The first-order chi connectivity index (χ1) is 4.34. The number of carbonyl (C=O) groups excluding carboxylic acids is 1. The average molecular weight is 141 g/mol. The van der Waals surface area contributed by atoms with Crippen LogP contribution in [0.15, 0.2) is 17.5 Å². The van der Waals surface area contributed by atoms with Gasteiger partial charge < -0.3 is 10.5 Å². The van der Waals surface area contributed by atoms with E-state index in [-0.39, 0.29) is 0 Å². The lowest BCUT2D eigenvalue weighted by Crippen LogP contribution is -2.08. The first-order valence-electron chi connectivity index (χ1n) is 2.59.